The number of fused-ring (bicyclic) bond motifs is 6. The molecule has 104 heavy (non-hydrogen) atoms. The minimum absolute atomic E-state index is 0.0138. The summed E-state index contributed by atoms with van der Waals surface area (Å²) in [5.41, 5.74) is 22.1. The fraction of sp³-hybridized carbons (Fsp3) is 0.311. The summed E-state index contributed by atoms with van der Waals surface area (Å²) >= 11 is 10.6. The van der Waals surface area contributed by atoms with Crippen LogP contribution in [0, 0.1) is 4.91 Å². The number of aromatic nitrogens is 6. The number of nitroso groups, excluding NO2 is 1. The highest BCUT2D eigenvalue weighted by atomic mass is 35.5. The third-order valence-corrected chi connectivity index (χ3v) is 17.1. The second-order valence-corrected chi connectivity index (χ2v) is 25.4. The molecule has 2 atom stereocenters. The number of hydrogen-bond acceptors (Lipinski definition) is 22. The molecule has 2 aliphatic rings. The molecule has 0 aliphatic carbocycles. The molecule has 546 valence electrons. The van der Waals surface area contributed by atoms with Crippen LogP contribution in [0.3, 0.4) is 0 Å². The predicted molar refractivity (Wildman–Crippen MR) is 399 cm³/mol. The highest BCUT2D eigenvalue weighted by Crippen LogP contribution is 2.41. The number of likely N-dealkylation sites (N-methyl/N-ethyl adjacent to an activating group) is 1. The molecule has 11 rings (SSSR count). The van der Waals surface area contributed by atoms with Crippen LogP contribution in [-0.2, 0) is 51.0 Å². The summed E-state index contributed by atoms with van der Waals surface area (Å²) in [6.07, 6.45) is 2.04. The number of carbonyl (C=O) groups is 5. The molecule has 9 aromatic rings. The number of carbonyl (C=O) groups excluding carboxylic acids is 3. The average Bonchev–Trinajstić information content (AvgIpc) is 1.51. The molecular weight excluding hydrogens is 1380 g/mol. The van der Waals surface area contributed by atoms with Gasteiger partial charge < -0.3 is 71.3 Å². The first-order valence-corrected chi connectivity index (χ1v) is 34.2. The van der Waals surface area contributed by atoms with Gasteiger partial charge in [-0.05, 0) is 136 Å². The molecule has 30 heteroatoms. The molecule has 3 amide bonds. The largest absolute Gasteiger partial charge is 0.508 e. The summed E-state index contributed by atoms with van der Waals surface area (Å²) in [6.45, 7) is 7.00. The van der Waals surface area contributed by atoms with Crippen molar-refractivity contribution >= 4 is 104 Å². The van der Waals surface area contributed by atoms with Gasteiger partial charge in [-0.2, -0.15) is 15.0 Å². The number of alkyl halides is 2. The van der Waals surface area contributed by atoms with Crippen molar-refractivity contribution in [1.29, 1.82) is 0 Å². The van der Waals surface area contributed by atoms with Gasteiger partial charge in [-0.1, -0.05) is 86.6 Å². The van der Waals surface area contributed by atoms with E-state index in [2.05, 4.69) is 147 Å². The monoisotopic (exact) mass is 1460 g/mol. The predicted octanol–water partition coefficient (Wildman–Crippen LogP) is 9.27. The smallest absolute Gasteiger partial charge is 0.343 e. The number of carboxylic acid groups (broad SMARTS) is 2. The van der Waals surface area contributed by atoms with Crippen molar-refractivity contribution in [3.8, 4) is 22.9 Å². The number of anilines is 3. The summed E-state index contributed by atoms with van der Waals surface area (Å²) in [5, 5.41) is 48.0. The lowest BCUT2D eigenvalue weighted by Crippen LogP contribution is -2.44. The van der Waals surface area contributed by atoms with E-state index in [9.17, 15) is 49.0 Å². The summed E-state index contributed by atoms with van der Waals surface area (Å²) in [6, 6.07) is 41.5. The first-order valence-electron chi connectivity index (χ1n) is 33.1. The topological polar surface area (TPSA) is 390 Å². The van der Waals surface area contributed by atoms with Crippen LogP contribution in [-0.4, -0.2) is 174 Å². The fourth-order valence-corrected chi connectivity index (χ4v) is 11.7. The lowest BCUT2D eigenvalue weighted by molar-refractivity contribution is -0.172. The van der Waals surface area contributed by atoms with E-state index in [4.69, 9.17) is 54.2 Å². The number of rotatable bonds is 25. The Kier molecular flexibility index (Phi) is 27.7. The third kappa shape index (κ3) is 19.7. The molecule has 0 saturated carbocycles. The van der Waals surface area contributed by atoms with Gasteiger partial charge in [0.1, 0.15) is 30.8 Å². The zero-order valence-electron chi connectivity index (χ0n) is 58.5. The maximum absolute atomic E-state index is 13.2. The number of nitrogen functional groups attached to an aromatic ring is 2. The second-order valence-electron chi connectivity index (χ2n) is 24.6. The van der Waals surface area contributed by atoms with Crippen LogP contribution in [0.2, 0.25) is 0 Å². The van der Waals surface area contributed by atoms with Gasteiger partial charge in [0, 0.05) is 78.2 Å². The number of aromatic hydroxyl groups is 1. The van der Waals surface area contributed by atoms with Crippen molar-refractivity contribution in [2.75, 3.05) is 89.6 Å². The molecule has 0 spiro atoms. The van der Waals surface area contributed by atoms with Gasteiger partial charge >= 0.3 is 23.9 Å². The third-order valence-electron chi connectivity index (χ3n) is 16.8. The van der Waals surface area contributed by atoms with Crippen molar-refractivity contribution in [3.05, 3.63) is 205 Å². The Morgan fingerprint density at radius 3 is 2.06 bits per heavy atom. The number of nitrogens with two attached hydrogens (primary N) is 2. The molecule has 0 radical (unpaired) electrons. The molecule has 4 aromatic heterocycles. The Morgan fingerprint density at radius 2 is 1.45 bits per heavy atom. The number of pyridine rings is 2. The Morgan fingerprint density at radius 1 is 0.788 bits per heavy atom. The van der Waals surface area contributed by atoms with Gasteiger partial charge in [-0.25, -0.2) is 29.3 Å². The van der Waals surface area contributed by atoms with Gasteiger partial charge in [0.05, 0.1) is 59.3 Å². The number of carboxylic acids is 2. The van der Waals surface area contributed by atoms with Crippen molar-refractivity contribution in [3.63, 3.8) is 0 Å². The summed E-state index contributed by atoms with van der Waals surface area (Å²) in [7, 11) is 9.78. The number of ether oxygens (including phenoxy) is 2. The Bertz CT molecular complexity index is 4630. The standard InChI is InChI=1S/C26H29NO.C23H23N3O5.C20H22N8O5.C5H9Cl2N3O2/c1-4-25(21-11-7-5-8-12-21)26(22-13-9-6-10-14-22)23-15-17-24(18-16-23)28-20-19-27(2)3;1-4-23(30)16-8-18-20-12(9-26(18)21(28)15(16)11-31-22(23)29)7-13-14(10-25(2)3)19(27)6-5-17(13)24-20;1-28(9-11-8-23-17-15(24-11)16(21)26-20(22)27-17)12-4-2-10(3-5-12)18(31)25-13(19(32)33)6-7-14(29)30;6-1-3-8-5(11)10(9-12)4-2-7/h5-18H,4,19-20H2,1-3H3;5-8,27,30H,4,9-11H2,1-3H3;2-5,8,13H,6-7,9H2,1H3,(H,25,31)(H,29,30)(H,32,33)(H4,21,22,23,26,27);1-4H2,(H,8,11)/b26-25-;;;/t;23-;13-;/m.00./s1. The van der Waals surface area contributed by atoms with E-state index in [0.29, 0.717) is 88.6 Å². The summed E-state index contributed by atoms with van der Waals surface area (Å²) in [4.78, 5) is 108. The van der Waals surface area contributed by atoms with Crippen LogP contribution in [0.1, 0.15) is 94.5 Å². The number of benzene rings is 5. The second kappa shape index (κ2) is 36.6. The molecule has 6 heterocycles. The number of aliphatic hydroxyl groups is 1. The highest BCUT2D eigenvalue weighted by molar-refractivity contribution is 6.18. The van der Waals surface area contributed by atoms with E-state index in [1.807, 2.05) is 37.0 Å². The van der Waals surface area contributed by atoms with Crippen LogP contribution in [0.4, 0.5) is 22.2 Å². The van der Waals surface area contributed by atoms with Crippen LogP contribution in [0.15, 0.2) is 150 Å². The quantitative estimate of drug-likeness (QED) is 0.00868. The first-order chi connectivity index (χ1) is 49.8. The number of allylic oxidation sites excluding steroid dienone is 1. The van der Waals surface area contributed by atoms with Crippen LogP contribution >= 0.6 is 23.2 Å². The van der Waals surface area contributed by atoms with E-state index in [1.54, 1.807) is 48.0 Å². The minimum atomic E-state index is -1.84. The average molecular weight is 1460 g/mol. The number of amides is 3. The maximum atomic E-state index is 13.2. The molecule has 2 aliphatic heterocycles. The Hall–Kier alpha value is -11.2. The summed E-state index contributed by atoms with van der Waals surface area (Å²) in [5.74, 6) is -2.07. The molecule has 0 unspecified atom stereocenters. The number of phenolic OH excluding ortho intramolecular Hbond substituents is 1. The van der Waals surface area contributed by atoms with E-state index >= 15 is 0 Å². The molecule has 0 fully saturated rings. The zero-order chi connectivity index (χ0) is 75.4. The minimum Gasteiger partial charge on any atom is -0.508 e. The first kappa shape index (κ1) is 78.5. The summed E-state index contributed by atoms with van der Waals surface area (Å²) < 4.78 is 12.6. The molecule has 5 aromatic carbocycles. The lowest BCUT2D eigenvalue weighted by Gasteiger charge is -2.31. The lowest BCUT2D eigenvalue weighted by atomic mass is 9.86. The normalized spacial score (nSPS) is 13.8. The van der Waals surface area contributed by atoms with Gasteiger partial charge in [0.25, 0.3) is 11.5 Å². The fourth-order valence-electron chi connectivity index (χ4n) is 11.5. The van der Waals surface area contributed by atoms with Crippen molar-refractivity contribution in [1.82, 2.24) is 54.9 Å². The van der Waals surface area contributed by atoms with E-state index in [1.165, 1.54) is 40.0 Å². The molecule has 10 N–H and O–H groups in total. The number of aliphatic carboxylic acids is 2. The highest BCUT2D eigenvalue weighted by Gasteiger charge is 2.45. The van der Waals surface area contributed by atoms with Crippen molar-refractivity contribution in [2.45, 2.75) is 77.4 Å². The van der Waals surface area contributed by atoms with Crippen molar-refractivity contribution < 1.29 is 53.9 Å². The Balaban J connectivity index is 0.000000183. The molecular formula is C74H83Cl2N15O13. The zero-order valence-corrected chi connectivity index (χ0v) is 60.1. The van der Waals surface area contributed by atoms with E-state index < -0.39 is 41.5 Å². The number of nitrogens with zero attached hydrogens (tertiary/aromatic N) is 11. The molecule has 0 saturated heterocycles. The van der Waals surface area contributed by atoms with Gasteiger partial charge in [0.15, 0.2) is 22.6 Å². The van der Waals surface area contributed by atoms with Crippen LogP contribution in [0.25, 0.3) is 44.6 Å². The van der Waals surface area contributed by atoms with Gasteiger partial charge in [-0.15, -0.1) is 28.1 Å². The van der Waals surface area contributed by atoms with Crippen LogP contribution in [0.5, 0.6) is 11.5 Å². The number of urea groups is 1. The van der Waals surface area contributed by atoms with Gasteiger partial charge in [0.2, 0.25) is 5.95 Å². The van der Waals surface area contributed by atoms with E-state index in [-0.39, 0.29) is 66.9 Å². The number of nitrogens with one attached hydrogen (secondary N) is 2. The maximum Gasteiger partial charge on any atom is 0.343 e. The number of esters is 1. The number of phenols is 1. The van der Waals surface area contributed by atoms with Gasteiger partial charge in [-0.3, -0.25) is 14.4 Å². The van der Waals surface area contributed by atoms with Crippen LogP contribution < -0.4 is 37.3 Å². The number of halogens is 2. The van der Waals surface area contributed by atoms with E-state index in [0.717, 1.165) is 40.9 Å². The molecule has 28 nitrogen and oxygen atoms in total. The molecule has 0 bridgehead atoms. The van der Waals surface area contributed by atoms with Crippen molar-refractivity contribution in [2.24, 2.45) is 5.29 Å². The SMILES string of the molecule is CC/C(=C(\c1ccccc1)c1ccc(OCCN(C)C)cc1)c1ccccc1.CC[C@@]1(O)C(=O)OCc2c1cc1n(c2=O)Cc2cc3c(CN(C)C)c(O)ccc3nc2-1.CN(Cc1cnc2nc(N)nc(N)c2n1)c1ccc(C(=O)N[C@@H](CCC(=O)O)C(=O)O)cc1.O=NN(CCCl)C(=O)NCCCl. The number of hydrogen-bond donors (Lipinski definition) is 8. The Labute approximate surface area is 609 Å². The number of cyclic esters (lactones) is 1.